The molecule has 0 saturated heterocycles. The number of benzene rings is 1. The van der Waals surface area contributed by atoms with Gasteiger partial charge in [-0.2, -0.15) is 13.2 Å². The molecule has 7 heteroatoms. The van der Waals surface area contributed by atoms with Gasteiger partial charge < -0.3 is 5.11 Å². The van der Waals surface area contributed by atoms with Crippen LogP contribution in [-0.2, 0) is 5.60 Å². The smallest absolute Gasteiger partial charge is 0.375 e. The molecule has 2 rings (SSSR count). The van der Waals surface area contributed by atoms with Crippen molar-refractivity contribution in [3.63, 3.8) is 0 Å². The Labute approximate surface area is 155 Å². The fraction of sp³-hybridized carbons (Fsp3) is 0.389. The van der Waals surface area contributed by atoms with E-state index in [0.717, 1.165) is 0 Å². The Bertz CT molecular complexity index is 690. The lowest BCUT2D eigenvalue weighted by Gasteiger charge is -2.29. The van der Waals surface area contributed by atoms with E-state index in [9.17, 15) is 18.3 Å². The van der Waals surface area contributed by atoms with Gasteiger partial charge in [-0.15, -0.1) is 0 Å². The maximum absolute atomic E-state index is 13.2. The van der Waals surface area contributed by atoms with E-state index in [1.165, 1.54) is 24.4 Å². The highest BCUT2D eigenvalue weighted by Gasteiger charge is 2.55. The van der Waals surface area contributed by atoms with E-state index in [1.807, 2.05) is 13.8 Å². The van der Waals surface area contributed by atoms with Crippen LogP contribution in [0.5, 0.6) is 0 Å². The molecule has 1 unspecified atom stereocenters. The zero-order valence-electron chi connectivity index (χ0n) is 14.2. The Hall–Kier alpha value is -1.30. The van der Waals surface area contributed by atoms with Gasteiger partial charge in [0.2, 0.25) is 5.60 Å². The van der Waals surface area contributed by atoms with Crippen molar-refractivity contribution in [3.05, 3.63) is 52.3 Å². The number of hydrogen-bond acceptors (Lipinski definition) is 2. The summed E-state index contributed by atoms with van der Waals surface area (Å²) in [4.78, 5) is 3.81. The lowest BCUT2D eigenvalue weighted by molar-refractivity contribution is -0.270. The van der Waals surface area contributed by atoms with Crippen LogP contribution >= 0.6 is 23.2 Å². The van der Waals surface area contributed by atoms with Crippen LogP contribution in [0.25, 0.3) is 11.1 Å². The first kappa shape index (κ1) is 21.7. The predicted molar refractivity (Wildman–Crippen MR) is 95.9 cm³/mol. The summed E-state index contributed by atoms with van der Waals surface area (Å²) in [6.45, 7) is 5.57. The Morgan fingerprint density at radius 2 is 1.72 bits per heavy atom. The molecule has 1 aromatic carbocycles. The Kier molecular flexibility index (Phi) is 7.72. The summed E-state index contributed by atoms with van der Waals surface area (Å²) >= 11 is 11.9. The van der Waals surface area contributed by atoms with Gasteiger partial charge in [-0.25, -0.2) is 0 Å². The molecule has 0 spiro atoms. The molecule has 0 aliphatic rings. The van der Waals surface area contributed by atoms with Gasteiger partial charge in [0.25, 0.3) is 0 Å². The summed E-state index contributed by atoms with van der Waals surface area (Å²) in [5.41, 5.74) is -2.25. The zero-order chi connectivity index (χ0) is 19.3. The third kappa shape index (κ3) is 4.87. The minimum Gasteiger partial charge on any atom is -0.375 e. The molecular weight excluding hydrogens is 374 g/mol. The van der Waals surface area contributed by atoms with Gasteiger partial charge in [-0.05, 0) is 24.6 Å². The van der Waals surface area contributed by atoms with E-state index in [0.29, 0.717) is 21.2 Å². The molecule has 0 aliphatic carbocycles. The summed E-state index contributed by atoms with van der Waals surface area (Å²) in [5, 5.41) is 10.9. The summed E-state index contributed by atoms with van der Waals surface area (Å²) in [5.74, 6) is 0. The molecule has 0 aliphatic heterocycles. The first-order valence-corrected chi connectivity index (χ1v) is 8.65. The number of halogens is 5. The molecule has 0 amide bonds. The summed E-state index contributed by atoms with van der Waals surface area (Å²) in [7, 11) is 0. The molecular formula is C18H20Cl2F3NO. The number of hydrogen-bond donors (Lipinski definition) is 1. The maximum atomic E-state index is 13.2. The van der Waals surface area contributed by atoms with Gasteiger partial charge in [0, 0.05) is 27.4 Å². The molecule has 1 aromatic heterocycles. The Morgan fingerprint density at radius 1 is 1.08 bits per heavy atom. The summed E-state index contributed by atoms with van der Waals surface area (Å²) < 4.78 is 39.5. The normalized spacial score (nSPS) is 13.6. The number of pyridine rings is 1. The van der Waals surface area contributed by atoms with Gasteiger partial charge in [0.15, 0.2) is 0 Å². The summed E-state index contributed by atoms with van der Waals surface area (Å²) in [6.07, 6.45) is -3.82. The fourth-order valence-corrected chi connectivity index (χ4v) is 2.82. The average molecular weight is 394 g/mol. The lowest BCUT2D eigenvalue weighted by atomic mass is 9.92. The first-order chi connectivity index (χ1) is 11.7. The van der Waals surface area contributed by atoms with Gasteiger partial charge in [-0.3, -0.25) is 4.98 Å². The molecule has 2 aromatic rings. The fourth-order valence-electron chi connectivity index (χ4n) is 2.30. The van der Waals surface area contributed by atoms with E-state index >= 15 is 0 Å². The Morgan fingerprint density at radius 3 is 2.16 bits per heavy atom. The third-order valence-corrected chi connectivity index (χ3v) is 4.06. The predicted octanol–water partition coefficient (Wildman–Crippen LogP) is 6.63. The van der Waals surface area contributed by atoms with Crippen LogP contribution in [0.3, 0.4) is 0 Å². The van der Waals surface area contributed by atoms with E-state index in [2.05, 4.69) is 4.98 Å². The third-order valence-electron chi connectivity index (χ3n) is 3.51. The highest BCUT2D eigenvalue weighted by molar-refractivity contribution is 6.36. The number of aliphatic hydroxyl groups is 1. The standard InChI is InChI=1S/C16H14Cl2F3NO.C2H6/c1-2-7-15(23,16(19,20)21)14-6-3-10(9-22-14)12-5-4-11(17)8-13(12)18;1-2/h3-6,8-9,23H,2,7H2,1H3;1-2H3. The minimum atomic E-state index is -4.80. The van der Waals surface area contributed by atoms with Crippen LogP contribution in [0, 0.1) is 0 Å². The van der Waals surface area contributed by atoms with Crippen molar-refractivity contribution in [2.75, 3.05) is 0 Å². The van der Waals surface area contributed by atoms with E-state index in [1.54, 1.807) is 19.1 Å². The van der Waals surface area contributed by atoms with Crippen molar-refractivity contribution < 1.29 is 18.3 Å². The molecule has 25 heavy (non-hydrogen) atoms. The van der Waals surface area contributed by atoms with Gasteiger partial charge in [0.1, 0.15) is 0 Å². The molecule has 1 heterocycles. The van der Waals surface area contributed by atoms with Crippen molar-refractivity contribution >= 4 is 23.2 Å². The number of alkyl halides is 3. The van der Waals surface area contributed by atoms with Crippen LogP contribution in [0.15, 0.2) is 36.5 Å². The second-order valence-corrected chi connectivity index (χ2v) is 6.01. The van der Waals surface area contributed by atoms with Crippen molar-refractivity contribution in [2.24, 2.45) is 0 Å². The largest absolute Gasteiger partial charge is 0.422 e. The van der Waals surface area contributed by atoms with E-state index < -0.39 is 23.9 Å². The van der Waals surface area contributed by atoms with E-state index in [-0.39, 0.29) is 6.42 Å². The average Bonchev–Trinajstić information content (AvgIpc) is 2.56. The van der Waals surface area contributed by atoms with Gasteiger partial charge in [-0.1, -0.05) is 62.5 Å². The van der Waals surface area contributed by atoms with Crippen molar-refractivity contribution in [1.82, 2.24) is 4.98 Å². The van der Waals surface area contributed by atoms with Crippen molar-refractivity contribution in [1.29, 1.82) is 0 Å². The second kappa shape index (κ2) is 8.88. The highest BCUT2D eigenvalue weighted by Crippen LogP contribution is 2.42. The Balaban J connectivity index is 0.00000151. The molecule has 0 saturated carbocycles. The molecule has 0 bridgehead atoms. The quantitative estimate of drug-likeness (QED) is 0.631. The minimum absolute atomic E-state index is 0.169. The molecule has 1 atom stereocenters. The molecule has 0 fully saturated rings. The number of rotatable bonds is 4. The van der Waals surface area contributed by atoms with Crippen LogP contribution in [-0.4, -0.2) is 16.3 Å². The zero-order valence-corrected chi connectivity index (χ0v) is 15.7. The highest BCUT2D eigenvalue weighted by atomic mass is 35.5. The van der Waals surface area contributed by atoms with Crippen molar-refractivity contribution in [3.8, 4) is 11.1 Å². The van der Waals surface area contributed by atoms with Crippen LogP contribution in [0.1, 0.15) is 39.3 Å². The number of nitrogens with zero attached hydrogens (tertiary/aromatic N) is 1. The second-order valence-electron chi connectivity index (χ2n) is 5.16. The molecule has 2 nitrogen and oxygen atoms in total. The lowest BCUT2D eigenvalue weighted by Crippen LogP contribution is -2.42. The monoisotopic (exact) mass is 393 g/mol. The van der Waals surface area contributed by atoms with Crippen molar-refractivity contribution in [2.45, 2.75) is 45.4 Å². The maximum Gasteiger partial charge on any atom is 0.422 e. The SMILES string of the molecule is CC.CCCC(O)(c1ccc(-c2ccc(Cl)cc2Cl)cn1)C(F)(F)F. The summed E-state index contributed by atoms with van der Waals surface area (Å²) in [6, 6.07) is 7.44. The van der Waals surface area contributed by atoms with Crippen LogP contribution < -0.4 is 0 Å². The van der Waals surface area contributed by atoms with Gasteiger partial charge in [0.05, 0.1) is 5.69 Å². The van der Waals surface area contributed by atoms with Crippen LogP contribution in [0.4, 0.5) is 13.2 Å². The number of aromatic nitrogens is 1. The molecule has 1 N–H and O–H groups in total. The molecule has 138 valence electrons. The van der Waals surface area contributed by atoms with E-state index in [4.69, 9.17) is 23.2 Å². The first-order valence-electron chi connectivity index (χ1n) is 7.90. The molecule has 0 radical (unpaired) electrons. The topological polar surface area (TPSA) is 33.1 Å². The van der Waals surface area contributed by atoms with Gasteiger partial charge >= 0.3 is 6.18 Å². The van der Waals surface area contributed by atoms with Crippen LogP contribution in [0.2, 0.25) is 10.0 Å².